The monoisotopic (exact) mass is 317 g/mol. The molecule has 1 atom stereocenters. The lowest BCUT2D eigenvalue weighted by atomic mass is 10.2. The molecule has 0 spiro atoms. The van der Waals surface area contributed by atoms with Gasteiger partial charge in [-0.15, -0.1) is 0 Å². The number of fused-ring (bicyclic) bond motifs is 1. The van der Waals surface area contributed by atoms with Gasteiger partial charge in [-0.3, -0.25) is 4.79 Å². The highest BCUT2D eigenvalue weighted by molar-refractivity contribution is 5.77. The first-order valence-electron chi connectivity index (χ1n) is 7.25. The standard InChI is InChI=1S/C17H16FNO4/c18-13-5-1-2-6-14(13)22-11-17(20)19-9-12-10-21-15-7-3-4-8-16(15)23-12/h1-8,12H,9-11H2,(H,19,20)/t12-/m1/s1. The maximum atomic E-state index is 13.4. The average molecular weight is 317 g/mol. The lowest BCUT2D eigenvalue weighted by molar-refractivity contribution is -0.123. The first-order valence-corrected chi connectivity index (χ1v) is 7.25. The maximum Gasteiger partial charge on any atom is 0.258 e. The average Bonchev–Trinajstić information content (AvgIpc) is 2.59. The van der Waals surface area contributed by atoms with Crippen molar-refractivity contribution in [1.82, 2.24) is 5.32 Å². The van der Waals surface area contributed by atoms with Crippen LogP contribution in [0.1, 0.15) is 0 Å². The van der Waals surface area contributed by atoms with Crippen LogP contribution >= 0.6 is 0 Å². The van der Waals surface area contributed by atoms with Gasteiger partial charge in [-0.1, -0.05) is 24.3 Å². The summed E-state index contributed by atoms with van der Waals surface area (Å²) >= 11 is 0. The molecule has 120 valence electrons. The van der Waals surface area contributed by atoms with Crippen molar-refractivity contribution >= 4 is 5.91 Å². The fourth-order valence-corrected chi connectivity index (χ4v) is 2.15. The summed E-state index contributed by atoms with van der Waals surface area (Å²) in [7, 11) is 0. The molecule has 3 rings (SSSR count). The van der Waals surface area contributed by atoms with Gasteiger partial charge in [0.15, 0.2) is 29.7 Å². The Morgan fingerprint density at radius 3 is 2.74 bits per heavy atom. The van der Waals surface area contributed by atoms with Crippen molar-refractivity contribution in [2.45, 2.75) is 6.10 Å². The Labute approximate surface area is 133 Å². The number of ether oxygens (including phenoxy) is 3. The van der Waals surface area contributed by atoms with Gasteiger partial charge in [-0.05, 0) is 24.3 Å². The number of nitrogens with one attached hydrogen (secondary N) is 1. The highest BCUT2D eigenvalue weighted by Crippen LogP contribution is 2.30. The maximum absolute atomic E-state index is 13.4. The van der Waals surface area contributed by atoms with Crippen molar-refractivity contribution < 1.29 is 23.4 Å². The Morgan fingerprint density at radius 1 is 1.17 bits per heavy atom. The van der Waals surface area contributed by atoms with Crippen molar-refractivity contribution in [1.29, 1.82) is 0 Å². The van der Waals surface area contributed by atoms with Crippen LogP contribution in [-0.2, 0) is 4.79 Å². The van der Waals surface area contributed by atoms with E-state index in [1.165, 1.54) is 12.1 Å². The van der Waals surface area contributed by atoms with Crippen molar-refractivity contribution in [2.24, 2.45) is 0 Å². The van der Waals surface area contributed by atoms with Crippen LogP contribution in [0.2, 0.25) is 0 Å². The summed E-state index contributed by atoms with van der Waals surface area (Å²) in [5.74, 6) is 0.545. The minimum absolute atomic E-state index is 0.0498. The summed E-state index contributed by atoms with van der Waals surface area (Å²) in [6.07, 6.45) is -0.276. The van der Waals surface area contributed by atoms with Gasteiger partial charge in [0.2, 0.25) is 0 Å². The number of carbonyl (C=O) groups excluding carboxylic acids is 1. The lowest BCUT2D eigenvalue weighted by Crippen LogP contribution is -2.42. The zero-order valence-electron chi connectivity index (χ0n) is 12.3. The molecule has 2 aromatic carbocycles. The van der Waals surface area contributed by atoms with Gasteiger partial charge in [-0.25, -0.2) is 4.39 Å². The largest absolute Gasteiger partial charge is 0.486 e. The van der Waals surface area contributed by atoms with Gasteiger partial charge in [0.1, 0.15) is 12.7 Å². The fourth-order valence-electron chi connectivity index (χ4n) is 2.15. The van der Waals surface area contributed by atoms with Crippen molar-refractivity contribution in [2.75, 3.05) is 19.8 Å². The molecule has 0 saturated carbocycles. The Bertz CT molecular complexity index is 692. The van der Waals surface area contributed by atoms with Crippen LogP contribution in [0.3, 0.4) is 0 Å². The molecule has 1 heterocycles. The number of hydrogen-bond acceptors (Lipinski definition) is 4. The quantitative estimate of drug-likeness (QED) is 0.918. The molecule has 1 aliphatic heterocycles. The predicted molar refractivity (Wildman–Crippen MR) is 81.3 cm³/mol. The normalized spacial score (nSPS) is 15.8. The van der Waals surface area contributed by atoms with E-state index in [2.05, 4.69) is 5.32 Å². The zero-order valence-corrected chi connectivity index (χ0v) is 12.3. The molecule has 5 nitrogen and oxygen atoms in total. The molecular weight excluding hydrogens is 301 g/mol. The highest BCUT2D eigenvalue weighted by atomic mass is 19.1. The molecule has 0 aliphatic carbocycles. The highest BCUT2D eigenvalue weighted by Gasteiger charge is 2.21. The van der Waals surface area contributed by atoms with Gasteiger partial charge in [0.25, 0.3) is 5.91 Å². The summed E-state index contributed by atoms with van der Waals surface area (Å²) in [5, 5.41) is 2.68. The Morgan fingerprint density at radius 2 is 1.91 bits per heavy atom. The molecule has 0 fully saturated rings. The third kappa shape index (κ3) is 3.91. The van der Waals surface area contributed by atoms with Crippen LogP contribution in [0.15, 0.2) is 48.5 Å². The number of hydrogen-bond donors (Lipinski definition) is 1. The topological polar surface area (TPSA) is 56.8 Å². The van der Waals surface area contributed by atoms with E-state index in [0.29, 0.717) is 18.1 Å². The van der Waals surface area contributed by atoms with Gasteiger partial charge in [0, 0.05) is 0 Å². The molecule has 1 aliphatic rings. The molecule has 0 saturated heterocycles. The molecule has 1 N–H and O–H groups in total. The second kappa shape index (κ2) is 7.00. The van der Waals surface area contributed by atoms with E-state index in [1.54, 1.807) is 12.1 Å². The lowest BCUT2D eigenvalue weighted by Gasteiger charge is -2.26. The minimum Gasteiger partial charge on any atom is -0.486 e. The third-order valence-electron chi connectivity index (χ3n) is 3.29. The van der Waals surface area contributed by atoms with Gasteiger partial charge in [-0.2, -0.15) is 0 Å². The van der Waals surface area contributed by atoms with E-state index < -0.39 is 5.82 Å². The van der Waals surface area contributed by atoms with Gasteiger partial charge in [0.05, 0.1) is 6.54 Å². The molecule has 2 aromatic rings. The summed E-state index contributed by atoms with van der Waals surface area (Å²) in [6.45, 7) is 0.379. The number of benzene rings is 2. The van der Waals surface area contributed by atoms with Gasteiger partial charge < -0.3 is 19.5 Å². The molecule has 0 unspecified atom stereocenters. The summed E-state index contributed by atoms with van der Waals surface area (Å²) in [4.78, 5) is 11.8. The zero-order chi connectivity index (χ0) is 16.1. The van der Waals surface area contributed by atoms with Crippen molar-refractivity contribution in [3.05, 3.63) is 54.3 Å². The molecular formula is C17H16FNO4. The number of amides is 1. The summed E-state index contributed by atoms with van der Waals surface area (Å²) in [5.41, 5.74) is 0. The summed E-state index contributed by atoms with van der Waals surface area (Å²) < 4.78 is 29.8. The van der Waals surface area contributed by atoms with E-state index in [1.807, 2.05) is 24.3 Å². The van der Waals surface area contributed by atoms with E-state index in [0.717, 1.165) is 0 Å². The third-order valence-corrected chi connectivity index (χ3v) is 3.29. The van der Waals surface area contributed by atoms with Crippen LogP contribution < -0.4 is 19.5 Å². The Kier molecular flexibility index (Phi) is 4.61. The Hall–Kier alpha value is -2.76. The number of carbonyl (C=O) groups is 1. The second-order valence-corrected chi connectivity index (χ2v) is 5.02. The predicted octanol–water partition coefficient (Wildman–Crippen LogP) is 2.16. The number of rotatable bonds is 5. The first-order chi connectivity index (χ1) is 11.2. The van der Waals surface area contributed by atoms with Crippen LogP contribution in [0.25, 0.3) is 0 Å². The van der Waals surface area contributed by atoms with E-state index in [4.69, 9.17) is 14.2 Å². The first kappa shape index (κ1) is 15.1. The molecule has 6 heteroatoms. The van der Waals surface area contributed by atoms with Crippen LogP contribution in [0.4, 0.5) is 4.39 Å². The van der Waals surface area contributed by atoms with Crippen LogP contribution in [-0.4, -0.2) is 31.8 Å². The number of halogens is 1. The fraction of sp³-hybridized carbons (Fsp3) is 0.235. The SMILES string of the molecule is O=C(COc1ccccc1F)NC[C@@H]1COc2ccccc2O1. The Balaban J connectivity index is 1.44. The van der Waals surface area contributed by atoms with E-state index in [-0.39, 0.29) is 30.9 Å². The van der Waals surface area contributed by atoms with Crippen LogP contribution in [0.5, 0.6) is 17.2 Å². The molecule has 23 heavy (non-hydrogen) atoms. The molecule has 0 bridgehead atoms. The second-order valence-electron chi connectivity index (χ2n) is 5.02. The molecule has 1 amide bonds. The van der Waals surface area contributed by atoms with E-state index in [9.17, 15) is 9.18 Å². The molecule has 0 radical (unpaired) electrons. The van der Waals surface area contributed by atoms with E-state index >= 15 is 0 Å². The smallest absolute Gasteiger partial charge is 0.258 e. The summed E-state index contributed by atoms with van der Waals surface area (Å²) in [6, 6.07) is 13.3. The molecule has 0 aromatic heterocycles. The van der Waals surface area contributed by atoms with Crippen molar-refractivity contribution in [3.63, 3.8) is 0 Å². The van der Waals surface area contributed by atoms with Gasteiger partial charge >= 0.3 is 0 Å². The van der Waals surface area contributed by atoms with Crippen molar-refractivity contribution in [3.8, 4) is 17.2 Å². The number of para-hydroxylation sites is 3. The van der Waals surface area contributed by atoms with Crippen LogP contribution in [0, 0.1) is 5.82 Å². The minimum atomic E-state index is -0.499.